The minimum atomic E-state index is -0.705. The SMILES string of the molecule is CCOC(=O)C1=C(C)NC(=O)NC1c1cccc(Cl)c1Cl. The average molecular weight is 329 g/mol. The van der Waals surface area contributed by atoms with E-state index in [-0.39, 0.29) is 6.61 Å². The van der Waals surface area contributed by atoms with Crippen LogP contribution >= 0.6 is 23.2 Å². The van der Waals surface area contributed by atoms with Gasteiger partial charge in [0.1, 0.15) is 0 Å². The van der Waals surface area contributed by atoms with E-state index >= 15 is 0 Å². The maximum atomic E-state index is 12.1. The number of carbonyl (C=O) groups excluding carboxylic acids is 2. The highest BCUT2D eigenvalue weighted by atomic mass is 35.5. The molecule has 112 valence electrons. The van der Waals surface area contributed by atoms with Crippen LogP contribution in [0.4, 0.5) is 4.79 Å². The first-order valence-electron chi connectivity index (χ1n) is 6.35. The van der Waals surface area contributed by atoms with Gasteiger partial charge in [-0.15, -0.1) is 0 Å². The standard InChI is InChI=1S/C14H14Cl2N2O3/c1-3-21-13(19)10-7(2)17-14(20)18-12(10)8-5-4-6-9(15)11(8)16/h4-6,12H,3H2,1-2H3,(H2,17,18,20). The smallest absolute Gasteiger partial charge is 0.338 e. The van der Waals surface area contributed by atoms with Crippen molar-refractivity contribution in [2.75, 3.05) is 6.61 Å². The number of allylic oxidation sites excluding steroid dienone is 1. The molecule has 0 bridgehead atoms. The van der Waals surface area contributed by atoms with E-state index in [1.54, 1.807) is 32.0 Å². The Morgan fingerprint density at radius 1 is 1.38 bits per heavy atom. The van der Waals surface area contributed by atoms with Crippen LogP contribution in [0.5, 0.6) is 0 Å². The van der Waals surface area contributed by atoms with E-state index in [1.165, 1.54) is 0 Å². The predicted octanol–water partition coefficient (Wildman–Crippen LogP) is 3.18. The van der Waals surface area contributed by atoms with Gasteiger partial charge >= 0.3 is 12.0 Å². The van der Waals surface area contributed by atoms with Gasteiger partial charge in [0, 0.05) is 5.70 Å². The highest BCUT2D eigenvalue weighted by Gasteiger charge is 2.33. The number of hydrogen-bond donors (Lipinski definition) is 2. The number of halogens is 2. The van der Waals surface area contributed by atoms with Gasteiger partial charge in [-0.1, -0.05) is 35.3 Å². The van der Waals surface area contributed by atoms with E-state index in [2.05, 4.69) is 10.6 Å². The van der Waals surface area contributed by atoms with Gasteiger partial charge < -0.3 is 15.4 Å². The van der Waals surface area contributed by atoms with E-state index in [0.717, 1.165) is 0 Å². The molecule has 5 nitrogen and oxygen atoms in total. The molecule has 2 amide bonds. The molecular weight excluding hydrogens is 315 g/mol. The van der Waals surface area contributed by atoms with Crippen LogP contribution in [-0.4, -0.2) is 18.6 Å². The zero-order valence-corrected chi connectivity index (χ0v) is 13.0. The van der Waals surface area contributed by atoms with Crippen LogP contribution in [0.3, 0.4) is 0 Å². The first-order chi connectivity index (χ1) is 9.95. The fraction of sp³-hybridized carbons (Fsp3) is 0.286. The number of hydrogen-bond acceptors (Lipinski definition) is 3. The van der Waals surface area contributed by atoms with Crippen molar-refractivity contribution in [2.24, 2.45) is 0 Å². The zero-order valence-electron chi connectivity index (χ0n) is 11.5. The van der Waals surface area contributed by atoms with Gasteiger partial charge in [-0.05, 0) is 25.5 Å². The molecule has 0 aliphatic carbocycles. The highest BCUT2D eigenvalue weighted by Crippen LogP contribution is 2.35. The van der Waals surface area contributed by atoms with Gasteiger partial charge in [0.15, 0.2) is 0 Å². The molecule has 1 aromatic rings. The lowest BCUT2D eigenvalue weighted by Crippen LogP contribution is -2.45. The Hall–Kier alpha value is -1.72. The molecule has 1 atom stereocenters. The number of urea groups is 1. The molecule has 0 radical (unpaired) electrons. The summed E-state index contributed by atoms with van der Waals surface area (Å²) in [6.45, 7) is 3.58. The molecule has 1 heterocycles. The number of nitrogens with one attached hydrogen (secondary N) is 2. The second-order valence-corrected chi connectivity index (χ2v) is 5.22. The third-order valence-corrected chi connectivity index (χ3v) is 3.89. The highest BCUT2D eigenvalue weighted by molar-refractivity contribution is 6.42. The summed E-state index contributed by atoms with van der Waals surface area (Å²) in [5, 5.41) is 5.87. The number of carbonyl (C=O) groups is 2. The Bertz CT molecular complexity index is 629. The van der Waals surface area contributed by atoms with Crippen molar-refractivity contribution < 1.29 is 14.3 Å². The Labute approximate surface area is 132 Å². The van der Waals surface area contributed by atoms with Gasteiger partial charge in [0.2, 0.25) is 0 Å². The first-order valence-corrected chi connectivity index (χ1v) is 7.10. The van der Waals surface area contributed by atoms with Gasteiger partial charge in [-0.25, -0.2) is 9.59 Å². The van der Waals surface area contributed by atoms with Crippen LogP contribution in [0.2, 0.25) is 10.0 Å². The summed E-state index contributed by atoms with van der Waals surface area (Å²) in [5.74, 6) is -0.511. The van der Waals surface area contributed by atoms with Gasteiger partial charge in [0.05, 0.1) is 28.3 Å². The van der Waals surface area contributed by atoms with E-state index in [4.69, 9.17) is 27.9 Å². The molecule has 1 aliphatic heterocycles. The second-order valence-electron chi connectivity index (χ2n) is 4.43. The van der Waals surface area contributed by atoms with Crippen molar-refractivity contribution in [1.82, 2.24) is 10.6 Å². The molecule has 0 aromatic heterocycles. The Morgan fingerprint density at radius 2 is 2.10 bits per heavy atom. The lowest BCUT2D eigenvalue weighted by Gasteiger charge is -2.28. The number of rotatable bonds is 3. The van der Waals surface area contributed by atoms with E-state index in [0.29, 0.717) is 26.9 Å². The maximum absolute atomic E-state index is 12.1. The molecule has 2 rings (SSSR count). The number of benzene rings is 1. The first kappa shape index (κ1) is 15.7. The Balaban J connectivity index is 2.52. The molecule has 1 aromatic carbocycles. The number of esters is 1. The van der Waals surface area contributed by atoms with Crippen LogP contribution in [0, 0.1) is 0 Å². The van der Waals surface area contributed by atoms with E-state index in [1.807, 2.05) is 0 Å². The molecule has 7 heteroatoms. The Morgan fingerprint density at radius 3 is 2.76 bits per heavy atom. The minimum absolute atomic E-state index is 0.236. The molecule has 2 N–H and O–H groups in total. The molecule has 0 saturated carbocycles. The second kappa shape index (κ2) is 6.37. The number of amides is 2. The topological polar surface area (TPSA) is 67.4 Å². The van der Waals surface area contributed by atoms with Crippen molar-refractivity contribution in [3.05, 3.63) is 45.1 Å². The van der Waals surface area contributed by atoms with Crippen molar-refractivity contribution in [2.45, 2.75) is 19.9 Å². The summed E-state index contributed by atoms with van der Waals surface area (Å²) in [6, 6.07) is 3.93. The lowest BCUT2D eigenvalue weighted by molar-refractivity contribution is -0.139. The van der Waals surface area contributed by atoms with Gasteiger partial charge in [-0.3, -0.25) is 0 Å². The van der Waals surface area contributed by atoms with Gasteiger partial charge in [-0.2, -0.15) is 0 Å². The number of ether oxygens (including phenoxy) is 1. The van der Waals surface area contributed by atoms with Crippen LogP contribution in [0.15, 0.2) is 29.5 Å². The molecular formula is C14H14Cl2N2O3. The van der Waals surface area contributed by atoms with Crippen LogP contribution < -0.4 is 10.6 Å². The maximum Gasteiger partial charge on any atom is 0.338 e. The minimum Gasteiger partial charge on any atom is -0.463 e. The summed E-state index contributed by atoms with van der Waals surface area (Å²) in [4.78, 5) is 23.8. The largest absolute Gasteiger partial charge is 0.463 e. The zero-order chi connectivity index (χ0) is 15.6. The third-order valence-electron chi connectivity index (χ3n) is 3.06. The van der Waals surface area contributed by atoms with Crippen LogP contribution in [-0.2, 0) is 9.53 Å². The third kappa shape index (κ3) is 3.14. The summed E-state index contributed by atoms with van der Waals surface area (Å²) < 4.78 is 5.04. The van der Waals surface area contributed by atoms with Crippen LogP contribution in [0.25, 0.3) is 0 Å². The normalized spacial score (nSPS) is 18.1. The Kier molecular flexibility index (Phi) is 4.75. The predicted molar refractivity (Wildman–Crippen MR) is 80.2 cm³/mol. The van der Waals surface area contributed by atoms with E-state index < -0.39 is 18.0 Å². The molecule has 0 fully saturated rings. The molecule has 21 heavy (non-hydrogen) atoms. The van der Waals surface area contributed by atoms with Crippen molar-refractivity contribution in [3.63, 3.8) is 0 Å². The van der Waals surface area contributed by atoms with Gasteiger partial charge in [0.25, 0.3) is 0 Å². The fourth-order valence-corrected chi connectivity index (χ4v) is 2.57. The molecule has 1 unspecified atom stereocenters. The summed E-state index contributed by atoms with van der Waals surface area (Å²) >= 11 is 12.2. The summed E-state index contributed by atoms with van der Waals surface area (Å²) in [6.07, 6.45) is 0. The monoisotopic (exact) mass is 328 g/mol. The van der Waals surface area contributed by atoms with Crippen molar-refractivity contribution >= 4 is 35.2 Å². The molecule has 0 spiro atoms. The average Bonchev–Trinajstić information content (AvgIpc) is 2.41. The fourth-order valence-electron chi connectivity index (χ4n) is 2.15. The quantitative estimate of drug-likeness (QED) is 0.837. The van der Waals surface area contributed by atoms with Crippen molar-refractivity contribution in [3.8, 4) is 0 Å². The molecule has 1 aliphatic rings. The molecule has 0 saturated heterocycles. The summed E-state index contributed by atoms with van der Waals surface area (Å²) in [5.41, 5.74) is 1.28. The van der Waals surface area contributed by atoms with Crippen molar-refractivity contribution in [1.29, 1.82) is 0 Å². The van der Waals surface area contributed by atoms with Crippen LogP contribution in [0.1, 0.15) is 25.5 Å². The summed E-state index contributed by atoms with van der Waals surface area (Å²) in [7, 11) is 0. The lowest BCUT2D eigenvalue weighted by atomic mass is 9.95. The van der Waals surface area contributed by atoms with E-state index in [9.17, 15) is 9.59 Å².